The number of nitrogens with one attached hydrogen (secondary N) is 1. The van der Waals surface area contributed by atoms with Crippen LogP contribution in [0.5, 0.6) is 0 Å². The minimum atomic E-state index is -0.367. The van der Waals surface area contributed by atoms with Crippen molar-refractivity contribution >= 4 is 34.8 Å². The van der Waals surface area contributed by atoms with Crippen LogP contribution in [-0.4, -0.2) is 16.1 Å². The fourth-order valence-electron chi connectivity index (χ4n) is 1.66. The van der Waals surface area contributed by atoms with Crippen molar-refractivity contribution < 1.29 is 4.79 Å². The van der Waals surface area contributed by atoms with Crippen LogP contribution < -0.4 is 5.32 Å². The number of nitrogens with zero attached hydrogens (tertiary/aromatic N) is 2. The zero-order chi connectivity index (χ0) is 14.0. The molecule has 0 fully saturated rings. The van der Waals surface area contributed by atoms with E-state index in [4.69, 9.17) is 23.2 Å². The van der Waals surface area contributed by atoms with Gasteiger partial charge in [0.05, 0.1) is 5.56 Å². The van der Waals surface area contributed by atoms with Crippen LogP contribution >= 0.6 is 23.2 Å². The van der Waals surface area contributed by atoms with Gasteiger partial charge in [-0.3, -0.25) is 4.79 Å². The quantitative estimate of drug-likeness (QED) is 0.920. The fourth-order valence-corrected chi connectivity index (χ4v) is 1.98. The summed E-state index contributed by atoms with van der Waals surface area (Å²) < 4.78 is 0. The third-order valence-electron chi connectivity index (χ3n) is 2.59. The molecular weight excluding hydrogens is 285 g/mol. The number of benzene rings is 1. The molecule has 0 saturated heterocycles. The topological polar surface area (TPSA) is 54.9 Å². The number of amides is 1. The SMILES string of the molecule is Cc1ccc(NC(=O)c2cc(Cl)nnc2Cl)c(C)c1. The molecule has 1 aromatic heterocycles. The number of hydrogen-bond acceptors (Lipinski definition) is 3. The van der Waals surface area contributed by atoms with Crippen molar-refractivity contribution in [3.63, 3.8) is 0 Å². The van der Waals surface area contributed by atoms with Crippen molar-refractivity contribution in [2.24, 2.45) is 0 Å². The molecule has 0 bridgehead atoms. The second-order valence-electron chi connectivity index (χ2n) is 4.14. The number of carbonyl (C=O) groups is 1. The molecule has 1 N–H and O–H groups in total. The van der Waals surface area contributed by atoms with E-state index in [1.807, 2.05) is 32.0 Å². The Morgan fingerprint density at radius 2 is 1.89 bits per heavy atom. The van der Waals surface area contributed by atoms with E-state index in [2.05, 4.69) is 15.5 Å². The summed E-state index contributed by atoms with van der Waals surface area (Å²) in [5.41, 5.74) is 3.01. The van der Waals surface area contributed by atoms with E-state index in [1.165, 1.54) is 6.07 Å². The number of hydrogen-bond donors (Lipinski definition) is 1. The summed E-state index contributed by atoms with van der Waals surface area (Å²) in [6.45, 7) is 3.91. The Labute approximate surface area is 120 Å². The molecule has 4 nitrogen and oxygen atoms in total. The maximum absolute atomic E-state index is 12.1. The molecular formula is C13H11Cl2N3O. The van der Waals surface area contributed by atoms with Gasteiger partial charge in [0.15, 0.2) is 10.3 Å². The van der Waals surface area contributed by atoms with Gasteiger partial charge in [-0.25, -0.2) is 0 Å². The van der Waals surface area contributed by atoms with E-state index in [-0.39, 0.29) is 21.8 Å². The molecule has 1 amide bonds. The zero-order valence-corrected chi connectivity index (χ0v) is 11.9. The monoisotopic (exact) mass is 295 g/mol. The molecule has 0 aliphatic carbocycles. The highest BCUT2D eigenvalue weighted by molar-refractivity contribution is 6.34. The van der Waals surface area contributed by atoms with Crippen molar-refractivity contribution in [1.82, 2.24) is 10.2 Å². The number of carbonyl (C=O) groups excluding carboxylic acids is 1. The second kappa shape index (κ2) is 5.55. The molecule has 1 aromatic carbocycles. The molecule has 2 rings (SSSR count). The Balaban J connectivity index is 2.28. The minimum absolute atomic E-state index is 0.0201. The van der Waals surface area contributed by atoms with Gasteiger partial charge in [0.1, 0.15) is 0 Å². The number of halogens is 2. The minimum Gasteiger partial charge on any atom is -0.322 e. The Morgan fingerprint density at radius 1 is 1.16 bits per heavy atom. The van der Waals surface area contributed by atoms with Crippen LogP contribution in [-0.2, 0) is 0 Å². The van der Waals surface area contributed by atoms with Gasteiger partial charge in [0, 0.05) is 5.69 Å². The third kappa shape index (κ3) is 3.22. The van der Waals surface area contributed by atoms with Crippen molar-refractivity contribution in [2.75, 3.05) is 5.32 Å². The fraction of sp³-hybridized carbons (Fsp3) is 0.154. The number of aromatic nitrogens is 2. The summed E-state index contributed by atoms with van der Waals surface area (Å²) in [6, 6.07) is 7.12. The van der Waals surface area contributed by atoms with Crippen LogP contribution in [0.1, 0.15) is 21.5 Å². The van der Waals surface area contributed by atoms with Crippen LogP contribution in [0.15, 0.2) is 24.3 Å². The van der Waals surface area contributed by atoms with Crippen LogP contribution in [0, 0.1) is 13.8 Å². The Hall–Kier alpha value is -1.65. The molecule has 0 atom stereocenters. The van der Waals surface area contributed by atoms with Crippen molar-refractivity contribution in [3.05, 3.63) is 51.3 Å². The van der Waals surface area contributed by atoms with Crippen LogP contribution in [0.25, 0.3) is 0 Å². The summed E-state index contributed by atoms with van der Waals surface area (Å²) >= 11 is 11.5. The Morgan fingerprint density at radius 3 is 2.58 bits per heavy atom. The lowest BCUT2D eigenvalue weighted by Crippen LogP contribution is -2.14. The van der Waals surface area contributed by atoms with Crippen molar-refractivity contribution in [3.8, 4) is 0 Å². The summed E-state index contributed by atoms with van der Waals surface area (Å²) in [5, 5.41) is 10.1. The molecule has 0 aliphatic heterocycles. The van der Waals surface area contributed by atoms with Crippen molar-refractivity contribution in [1.29, 1.82) is 0 Å². The molecule has 0 unspecified atom stereocenters. The first kappa shape index (κ1) is 13.8. The Bertz CT molecular complexity index is 644. The van der Waals surface area contributed by atoms with Gasteiger partial charge in [-0.05, 0) is 31.5 Å². The third-order valence-corrected chi connectivity index (χ3v) is 3.06. The first-order valence-electron chi connectivity index (χ1n) is 5.54. The van der Waals surface area contributed by atoms with Gasteiger partial charge < -0.3 is 5.32 Å². The van der Waals surface area contributed by atoms with Gasteiger partial charge in [0.2, 0.25) is 0 Å². The molecule has 2 aromatic rings. The van der Waals surface area contributed by atoms with Crippen LogP contribution in [0.3, 0.4) is 0 Å². The van der Waals surface area contributed by atoms with Crippen LogP contribution in [0.4, 0.5) is 5.69 Å². The van der Waals surface area contributed by atoms with E-state index in [0.29, 0.717) is 0 Å². The summed E-state index contributed by atoms with van der Waals surface area (Å²) in [7, 11) is 0. The lowest BCUT2D eigenvalue weighted by Gasteiger charge is -2.09. The smallest absolute Gasteiger partial charge is 0.258 e. The average molecular weight is 296 g/mol. The number of anilines is 1. The molecule has 98 valence electrons. The van der Waals surface area contributed by atoms with Gasteiger partial charge in [-0.1, -0.05) is 40.9 Å². The van der Waals surface area contributed by atoms with E-state index in [9.17, 15) is 4.79 Å². The van der Waals surface area contributed by atoms with Crippen molar-refractivity contribution in [2.45, 2.75) is 13.8 Å². The molecule has 0 spiro atoms. The van der Waals surface area contributed by atoms with E-state index < -0.39 is 0 Å². The standard InChI is InChI=1S/C13H11Cl2N3O/c1-7-3-4-10(8(2)5-7)16-13(19)9-6-11(14)17-18-12(9)15/h3-6H,1-2H3,(H,16,19). The molecule has 0 saturated carbocycles. The average Bonchev–Trinajstić information content (AvgIpc) is 2.35. The zero-order valence-electron chi connectivity index (χ0n) is 10.4. The summed E-state index contributed by atoms with van der Waals surface area (Å²) in [5.74, 6) is -0.367. The maximum Gasteiger partial charge on any atom is 0.258 e. The summed E-state index contributed by atoms with van der Waals surface area (Å²) in [6.07, 6.45) is 0. The van der Waals surface area contributed by atoms with Gasteiger partial charge in [0.25, 0.3) is 5.91 Å². The highest BCUT2D eigenvalue weighted by Gasteiger charge is 2.14. The maximum atomic E-state index is 12.1. The molecule has 0 radical (unpaired) electrons. The molecule has 19 heavy (non-hydrogen) atoms. The normalized spacial score (nSPS) is 10.3. The van der Waals surface area contributed by atoms with Gasteiger partial charge in [-0.2, -0.15) is 0 Å². The predicted molar refractivity (Wildman–Crippen MR) is 75.9 cm³/mol. The first-order valence-corrected chi connectivity index (χ1v) is 6.30. The number of aryl methyl sites for hydroxylation is 2. The second-order valence-corrected chi connectivity index (χ2v) is 4.89. The number of rotatable bonds is 2. The van der Waals surface area contributed by atoms with E-state index >= 15 is 0 Å². The van der Waals surface area contributed by atoms with Crippen LogP contribution in [0.2, 0.25) is 10.3 Å². The summed E-state index contributed by atoms with van der Waals surface area (Å²) in [4.78, 5) is 12.1. The van der Waals surface area contributed by atoms with E-state index in [0.717, 1.165) is 16.8 Å². The molecule has 0 aliphatic rings. The molecule has 6 heteroatoms. The van der Waals surface area contributed by atoms with Gasteiger partial charge >= 0.3 is 0 Å². The van der Waals surface area contributed by atoms with Gasteiger partial charge in [-0.15, -0.1) is 10.2 Å². The lowest BCUT2D eigenvalue weighted by atomic mass is 10.1. The first-order chi connectivity index (χ1) is 8.97. The Kier molecular flexibility index (Phi) is 4.02. The highest BCUT2D eigenvalue weighted by Crippen LogP contribution is 2.20. The molecule has 1 heterocycles. The lowest BCUT2D eigenvalue weighted by molar-refractivity contribution is 0.102. The largest absolute Gasteiger partial charge is 0.322 e. The predicted octanol–water partition coefficient (Wildman–Crippen LogP) is 3.65. The van der Waals surface area contributed by atoms with E-state index in [1.54, 1.807) is 0 Å². The highest BCUT2D eigenvalue weighted by atomic mass is 35.5.